The van der Waals surface area contributed by atoms with Crippen LogP contribution in [0.2, 0.25) is 0 Å². The molecule has 0 atom stereocenters. The second kappa shape index (κ2) is 3.19. The number of aromatic amines is 1. The topological polar surface area (TPSA) is 58.9 Å². The average Bonchev–Trinajstić information content (AvgIpc) is 2.31. The number of rotatable bonds is 2. The lowest BCUT2D eigenvalue weighted by Gasteiger charge is -1.86. The van der Waals surface area contributed by atoms with Gasteiger partial charge in [0.2, 0.25) is 0 Å². The number of hydrogen-bond acceptors (Lipinski definition) is 2. The number of carbonyl (C=O) groups is 1. The Labute approximate surface area is 73.1 Å². The molecule has 0 aromatic carbocycles. The van der Waals surface area contributed by atoms with Gasteiger partial charge in [0.15, 0.2) is 5.78 Å². The number of H-pyrrole nitrogens is 1. The monoisotopic (exact) mass is 216 g/mol. The summed E-state index contributed by atoms with van der Waals surface area (Å²) in [6.07, 6.45) is 0. The second-order valence-electron chi connectivity index (χ2n) is 2.28. The number of aromatic nitrogens is 1. The predicted octanol–water partition coefficient (Wildman–Crippen LogP) is 1.44. The van der Waals surface area contributed by atoms with Crippen LogP contribution < -0.4 is 5.73 Å². The smallest absolute Gasteiger partial charge is 0.175 e. The molecular formula is C7H9BrN2O. The molecule has 0 bridgehead atoms. The molecule has 3 N–H and O–H groups in total. The lowest BCUT2D eigenvalue weighted by atomic mass is 10.3. The van der Waals surface area contributed by atoms with Gasteiger partial charge in [-0.25, -0.2) is 0 Å². The van der Waals surface area contributed by atoms with Crippen LogP contribution >= 0.6 is 15.9 Å². The summed E-state index contributed by atoms with van der Waals surface area (Å²) in [5.41, 5.74) is 6.92. The lowest BCUT2D eigenvalue weighted by Crippen LogP contribution is -1.94. The fourth-order valence-electron chi connectivity index (χ4n) is 0.810. The van der Waals surface area contributed by atoms with Crippen molar-refractivity contribution in [2.24, 2.45) is 5.73 Å². The summed E-state index contributed by atoms with van der Waals surface area (Å²) >= 11 is 3.26. The van der Waals surface area contributed by atoms with Crippen molar-refractivity contribution in [3.05, 3.63) is 21.9 Å². The number of ketones is 1. The predicted molar refractivity (Wildman–Crippen MR) is 46.4 cm³/mol. The summed E-state index contributed by atoms with van der Waals surface area (Å²) in [6, 6.07) is 1.76. The maximum atomic E-state index is 10.8. The third kappa shape index (κ3) is 1.70. The van der Waals surface area contributed by atoms with Gasteiger partial charge in [-0.15, -0.1) is 0 Å². The molecule has 1 heterocycles. The molecule has 1 aromatic heterocycles. The zero-order valence-electron chi connectivity index (χ0n) is 6.15. The van der Waals surface area contributed by atoms with Crippen molar-refractivity contribution in [3.8, 4) is 0 Å². The first-order valence-corrected chi connectivity index (χ1v) is 4.03. The fraction of sp³-hybridized carbons (Fsp3) is 0.286. The van der Waals surface area contributed by atoms with Gasteiger partial charge in [-0.1, -0.05) is 0 Å². The Morgan fingerprint density at radius 3 is 2.73 bits per heavy atom. The van der Waals surface area contributed by atoms with E-state index >= 15 is 0 Å². The number of hydrogen-bond donors (Lipinski definition) is 2. The van der Waals surface area contributed by atoms with Gasteiger partial charge in [-0.05, 0) is 27.6 Å². The Hall–Kier alpha value is -0.610. The number of carbonyl (C=O) groups excluding carboxylic acids is 1. The van der Waals surface area contributed by atoms with Crippen molar-refractivity contribution in [1.29, 1.82) is 0 Å². The van der Waals surface area contributed by atoms with E-state index in [1.54, 1.807) is 6.07 Å². The number of halogens is 1. The van der Waals surface area contributed by atoms with E-state index in [0.717, 1.165) is 10.2 Å². The van der Waals surface area contributed by atoms with Crippen molar-refractivity contribution in [2.75, 3.05) is 0 Å². The Balaban J connectivity index is 3.05. The minimum Gasteiger partial charge on any atom is -0.347 e. The minimum atomic E-state index is 0.0189. The molecule has 0 aliphatic carbocycles. The van der Waals surface area contributed by atoms with Crippen molar-refractivity contribution in [2.45, 2.75) is 13.5 Å². The quantitative estimate of drug-likeness (QED) is 0.736. The van der Waals surface area contributed by atoms with Crippen LogP contribution in [0.15, 0.2) is 10.7 Å². The molecule has 0 saturated heterocycles. The van der Waals surface area contributed by atoms with Crippen molar-refractivity contribution < 1.29 is 4.79 Å². The molecule has 0 aliphatic rings. The molecule has 1 aromatic rings. The van der Waals surface area contributed by atoms with Gasteiger partial charge in [0, 0.05) is 13.5 Å². The van der Waals surface area contributed by atoms with Crippen LogP contribution in [-0.2, 0) is 6.54 Å². The van der Waals surface area contributed by atoms with Gasteiger partial charge >= 0.3 is 0 Å². The third-order valence-corrected chi connectivity index (χ3v) is 2.15. The molecule has 4 heteroatoms. The maximum absolute atomic E-state index is 10.8. The maximum Gasteiger partial charge on any atom is 0.175 e. The standard InChI is InChI=1S/C7H9BrN2O/c1-4(11)6-2-5(3-9)7(8)10-6/h2,10H,3,9H2,1H3. The minimum absolute atomic E-state index is 0.0189. The van der Waals surface area contributed by atoms with Gasteiger partial charge in [0.25, 0.3) is 0 Å². The van der Waals surface area contributed by atoms with Gasteiger partial charge in [0.05, 0.1) is 10.3 Å². The summed E-state index contributed by atoms with van der Waals surface area (Å²) in [4.78, 5) is 13.7. The summed E-state index contributed by atoms with van der Waals surface area (Å²) in [7, 11) is 0. The van der Waals surface area contributed by atoms with E-state index in [1.807, 2.05) is 0 Å². The largest absolute Gasteiger partial charge is 0.347 e. The summed E-state index contributed by atoms with van der Waals surface area (Å²) in [5.74, 6) is 0.0189. The van der Waals surface area contributed by atoms with Gasteiger partial charge in [-0.2, -0.15) is 0 Å². The molecule has 3 nitrogen and oxygen atoms in total. The van der Waals surface area contributed by atoms with E-state index < -0.39 is 0 Å². The zero-order chi connectivity index (χ0) is 8.43. The Morgan fingerprint density at radius 2 is 2.45 bits per heavy atom. The third-order valence-electron chi connectivity index (χ3n) is 1.44. The molecule has 1 rings (SSSR count). The van der Waals surface area contributed by atoms with Crippen LogP contribution in [0.3, 0.4) is 0 Å². The summed E-state index contributed by atoms with van der Waals surface area (Å²) < 4.78 is 0.796. The SMILES string of the molecule is CC(=O)c1cc(CN)c(Br)[nH]1. The first-order chi connectivity index (χ1) is 5.15. The van der Waals surface area contributed by atoms with E-state index in [9.17, 15) is 4.79 Å². The van der Waals surface area contributed by atoms with Crippen molar-refractivity contribution in [1.82, 2.24) is 4.98 Å². The van der Waals surface area contributed by atoms with Crippen LogP contribution in [-0.4, -0.2) is 10.8 Å². The Bertz CT molecular complexity index is 280. The molecular weight excluding hydrogens is 208 g/mol. The van der Waals surface area contributed by atoms with Crippen LogP contribution in [0.25, 0.3) is 0 Å². The van der Waals surface area contributed by atoms with Gasteiger partial charge in [-0.3, -0.25) is 4.79 Å². The Kier molecular flexibility index (Phi) is 2.46. The van der Waals surface area contributed by atoms with Crippen molar-refractivity contribution >= 4 is 21.7 Å². The average molecular weight is 217 g/mol. The van der Waals surface area contributed by atoms with E-state index in [2.05, 4.69) is 20.9 Å². The molecule has 0 fully saturated rings. The molecule has 0 unspecified atom stereocenters. The lowest BCUT2D eigenvalue weighted by molar-refractivity contribution is 0.101. The van der Waals surface area contributed by atoms with Crippen LogP contribution in [0.5, 0.6) is 0 Å². The van der Waals surface area contributed by atoms with Crippen LogP contribution in [0.1, 0.15) is 23.0 Å². The highest BCUT2D eigenvalue weighted by Gasteiger charge is 2.06. The molecule has 0 amide bonds. The highest BCUT2D eigenvalue weighted by molar-refractivity contribution is 9.10. The first kappa shape index (κ1) is 8.49. The van der Waals surface area contributed by atoms with E-state index in [-0.39, 0.29) is 5.78 Å². The number of nitrogens with two attached hydrogens (primary N) is 1. The molecule has 0 saturated carbocycles. The number of nitrogens with one attached hydrogen (secondary N) is 1. The molecule has 0 aliphatic heterocycles. The summed E-state index contributed by atoms with van der Waals surface area (Å²) in [6.45, 7) is 1.95. The second-order valence-corrected chi connectivity index (χ2v) is 3.08. The van der Waals surface area contributed by atoms with E-state index in [0.29, 0.717) is 12.2 Å². The first-order valence-electron chi connectivity index (χ1n) is 3.23. The molecule has 60 valence electrons. The highest BCUT2D eigenvalue weighted by Crippen LogP contribution is 2.16. The zero-order valence-corrected chi connectivity index (χ0v) is 7.73. The fourth-order valence-corrected chi connectivity index (χ4v) is 1.30. The normalized spacial score (nSPS) is 10.1. The molecule has 11 heavy (non-hydrogen) atoms. The number of Topliss-reactive ketones (excluding diaryl/α,β-unsaturated/α-hetero) is 1. The van der Waals surface area contributed by atoms with Crippen molar-refractivity contribution in [3.63, 3.8) is 0 Å². The van der Waals surface area contributed by atoms with Gasteiger partial charge < -0.3 is 10.7 Å². The van der Waals surface area contributed by atoms with Crippen LogP contribution in [0, 0.1) is 0 Å². The van der Waals surface area contributed by atoms with E-state index in [4.69, 9.17) is 5.73 Å². The Morgan fingerprint density at radius 1 is 1.82 bits per heavy atom. The molecule has 0 spiro atoms. The molecule has 0 radical (unpaired) electrons. The summed E-state index contributed by atoms with van der Waals surface area (Å²) in [5, 5.41) is 0. The highest BCUT2D eigenvalue weighted by atomic mass is 79.9. The van der Waals surface area contributed by atoms with E-state index in [1.165, 1.54) is 6.92 Å². The van der Waals surface area contributed by atoms with Gasteiger partial charge in [0.1, 0.15) is 0 Å². The van der Waals surface area contributed by atoms with Crippen LogP contribution in [0.4, 0.5) is 0 Å².